The standard InChI is InChI=1S/C19H32N2/c1-6-16-7-9-17(10-8-16)13-21-14-19(4,5)20-12-18(21)11-15(2)3/h7-10,15,18,20H,6,11-14H2,1-5H3. The van der Waals surface area contributed by atoms with Gasteiger partial charge in [-0.3, -0.25) is 4.90 Å². The summed E-state index contributed by atoms with van der Waals surface area (Å²) in [6.45, 7) is 14.8. The molecule has 2 heteroatoms. The molecule has 21 heavy (non-hydrogen) atoms. The molecule has 0 saturated carbocycles. The second kappa shape index (κ2) is 6.93. The van der Waals surface area contributed by atoms with Gasteiger partial charge in [0.15, 0.2) is 0 Å². The monoisotopic (exact) mass is 288 g/mol. The predicted molar refractivity (Wildman–Crippen MR) is 91.6 cm³/mol. The van der Waals surface area contributed by atoms with Crippen molar-refractivity contribution in [2.75, 3.05) is 13.1 Å². The summed E-state index contributed by atoms with van der Waals surface area (Å²) in [7, 11) is 0. The van der Waals surface area contributed by atoms with Crippen molar-refractivity contribution in [3.05, 3.63) is 35.4 Å². The topological polar surface area (TPSA) is 15.3 Å². The van der Waals surface area contributed by atoms with Crippen LogP contribution in [0, 0.1) is 5.92 Å². The largest absolute Gasteiger partial charge is 0.309 e. The summed E-state index contributed by atoms with van der Waals surface area (Å²) in [5.74, 6) is 0.753. The maximum absolute atomic E-state index is 3.71. The minimum atomic E-state index is 0.219. The molecule has 0 aromatic heterocycles. The van der Waals surface area contributed by atoms with Crippen molar-refractivity contribution in [2.45, 2.75) is 65.6 Å². The molecular weight excluding hydrogens is 256 g/mol. The molecule has 1 aromatic rings. The Morgan fingerprint density at radius 1 is 1.19 bits per heavy atom. The second-order valence-electron chi connectivity index (χ2n) is 7.62. The average Bonchev–Trinajstić information content (AvgIpc) is 2.42. The van der Waals surface area contributed by atoms with Gasteiger partial charge in [-0.1, -0.05) is 45.0 Å². The number of nitrogens with zero attached hydrogens (tertiary/aromatic N) is 1. The number of benzene rings is 1. The van der Waals surface area contributed by atoms with Crippen LogP contribution in [0.1, 0.15) is 52.2 Å². The van der Waals surface area contributed by atoms with E-state index in [-0.39, 0.29) is 5.54 Å². The first-order chi connectivity index (χ1) is 9.89. The smallest absolute Gasteiger partial charge is 0.0253 e. The second-order valence-corrected chi connectivity index (χ2v) is 7.62. The molecule has 1 aromatic carbocycles. The van der Waals surface area contributed by atoms with E-state index in [2.05, 4.69) is 69.1 Å². The molecule has 1 N–H and O–H groups in total. The molecule has 118 valence electrons. The van der Waals surface area contributed by atoms with Gasteiger partial charge in [0.2, 0.25) is 0 Å². The van der Waals surface area contributed by atoms with Crippen LogP contribution < -0.4 is 5.32 Å². The molecule has 1 unspecified atom stereocenters. The SMILES string of the molecule is CCc1ccc(CN2CC(C)(C)NCC2CC(C)C)cc1. The summed E-state index contributed by atoms with van der Waals surface area (Å²) >= 11 is 0. The summed E-state index contributed by atoms with van der Waals surface area (Å²) < 4.78 is 0. The first kappa shape index (κ1) is 16.5. The molecule has 1 fully saturated rings. The Morgan fingerprint density at radius 2 is 1.81 bits per heavy atom. The molecule has 0 bridgehead atoms. The van der Waals surface area contributed by atoms with E-state index < -0.39 is 0 Å². The van der Waals surface area contributed by atoms with Gasteiger partial charge < -0.3 is 5.32 Å². The highest BCUT2D eigenvalue weighted by molar-refractivity contribution is 5.22. The van der Waals surface area contributed by atoms with Crippen molar-refractivity contribution in [2.24, 2.45) is 5.92 Å². The normalized spacial score (nSPS) is 22.7. The van der Waals surface area contributed by atoms with Gasteiger partial charge in [0.05, 0.1) is 0 Å². The Labute approximate surface area is 130 Å². The fourth-order valence-corrected chi connectivity index (χ4v) is 3.29. The number of hydrogen-bond acceptors (Lipinski definition) is 2. The first-order valence-corrected chi connectivity index (χ1v) is 8.46. The van der Waals surface area contributed by atoms with Crippen molar-refractivity contribution in [1.29, 1.82) is 0 Å². The lowest BCUT2D eigenvalue weighted by molar-refractivity contribution is 0.0760. The maximum atomic E-state index is 3.71. The van der Waals surface area contributed by atoms with Crippen molar-refractivity contribution in [3.63, 3.8) is 0 Å². The van der Waals surface area contributed by atoms with Gasteiger partial charge in [0.25, 0.3) is 0 Å². The number of hydrogen-bond donors (Lipinski definition) is 1. The third kappa shape index (κ3) is 4.82. The van der Waals surface area contributed by atoms with Gasteiger partial charge in [0.1, 0.15) is 0 Å². The van der Waals surface area contributed by atoms with E-state index in [1.54, 1.807) is 0 Å². The molecule has 1 aliphatic rings. The van der Waals surface area contributed by atoms with Crippen molar-refractivity contribution in [1.82, 2.24) is 10.2 Å². The summed E-state index contributed by atoms with van der Waals surface area (Å²) in [4.78, 5) is 2.68. The zero-order valence-electron chi connectivity index (χ0n) is 14.4. The molecule has 0 amide bonds. The molecule has 1 atom stereocenters. The fraction of sp³-hybridized carbons (Fsp3) is 0.684. The van der Waals surface area contributed by atoms with E-state index >= 15 is 0 Å². The Kier molecular flexibility index (Phi) is 5.45. The van der Waals surface area contributed by atoms with Crippen LogP contribution in [-0.2, 0) is 13.0 Å². The summed E-state index contributed by atoms with van der Waals surface area (Å²) in [6.07, 6.45) is 2.40. The summed E-state index contributed by atoms with van der Waals surface area (Å²) in [6, 6.07) is 9.82. The zero-order valence-corrected chi connectivity index (χ0v) is 14.4. The van der Waals surface area contributed by atoms with Crippen molar-refractivity contribution >= 4 is 0 Å². The Balaban J connectivity index is 2.07. The molecule has 1 aliphatic heterocycles. The van der Waals surface area contributed by atoms with E-state index in [1.807, 2.05) is 0 Å². The third-order valence-corrected chi connectivity index (χ3v) is 4.49. The lowest BCUT2D eigenvalue weighted by Crippen LogP contribution is -2.61. The average molecular weight is 288 g/mol. The minimum Gasteiger partial charge on any atom is -0.309 e. The van der Waals surface area contributed by atoms with E-state index in [0.717, 1.165) is 32.0 Å². The van der Waals surface area contributed by atoms with Crippen LogP contribution in [0.5, 0.6) is 0 Å². The molecule has 0 spiro atoms. The lowest BCUT2D eigenvalue weighted by Gasteiger charge is -2.45. The molecular formula is C19H32N2. The van der Waals surface area contributed by atoms with E-state index in [1.165, 1.54) is 17.5 Å². The van der Waals surface area contributed by atoms with Gasteiger partial charge in [-0.05, 0) is 43.7 Å². The third-order valence-electron chi connectivity index (χ3n) is 4.49. The van der Waals surface area contributed by atoms with Gasteiger partial charge in [-0.25, -0.2) is 0 Å². The Hall–Kier alpha value is -0.860. The number of nitrogens with one attached hydrogen (secondary N) is 1. The Bertz CT molecular complexity index is 433. The van der Waals surface area contributed by atoms with Crippen LogP contribution in [-0.4, -0.2) is 29.6 Å². The predicted octanol–water partition coefficient (Wildman–Crippen LogP) is 3.85. The molecule has 2 rings (SSSR count). The van der Waals surface area contributed by atoms with Crippen LogP contribution in [0.4, 0.5) is 0 Å². The van der Waals surface area contributed by atoms with Crippen LogP contribution in [0.2, 0.25) is 0 Å². The molecule has 1 saturated heterocycles. The highest BCUT2D eigenvalue weighted by atomic mass is 15.2. The van der Waals surface area contributed by atoms with E-state index in [0.29, 0.717) is 6.04 Å². The van der Waals surface area contributed by atoms with Crippen molar-refractivity contribution in [3.8, 4) is 0 Å². The minimum absolute atomic E-state index is 0.219. The molecule has 0 radical (unpaired) electrons. The fourth-order valence-electron chi connectivity index (χ4n) is 3.29. The van der Waals surface area contributed by atoms with Gasteiger partial charge in [0, 0.05) is 31.2 Å². The van der Waals surface area contributed by atoms with Gasteiger partial charge >= 0.3 is 0 Å². The van der Waals surface area contributed by atoms with Gasteiger partial charge in [-0.2, -0.15) is 0 Å². The lowest BCUT2D eigenvalue weighted by atomic mass is 9.93. The van der Waals surface area contributed by atoms with E-state index in [4.69, 9.17) is 0 Å². The van der Waals surface area contributed by atoms with E-state index in [9.17, 15) is 0 Å². The molecule has 1 heterocycles. The zero-order chi connectivity index (χ0) is 15.5. The maximum Gasteiger partial charge on any atom is 0.0253 e. The van der Waals surface area contributed by atoms with Gasteiger partial charge in [-0.15, -0.1) is 0 Å². The van der Waals surface area contributed by atoms with Crippen LogP contribution in [0.25, 0.3) is 0 Å². The molecule has 0 aliphatic carbocycles. The molecule has 2 nitrogen and oxygen atoms in total. The summed E-state index contributed by atoms with van der Waals surface area (Å²) in [5.41, 5.74) is 3.09. The quantitative estimate of drug-likeness (QED) is 0.885. The first-order valence-electron chi connectivity index (χ1n) is 8.46. The number of piperazine rings is 1. The Morgan fingerprint density at radius 3 is 2.38 bits per heavy atom. The number of rotatable bonds is 5. The van der Waals surface area contributed by atoms with Crippen LogP contribution >= 0.6 is 0 Å². The highest BCUT2D eigenvalue weighted by Crippen LogP contribution is 2.22. The van der Waals surface area contributed by atoms with Crippen LogP contribution in [0.15, 0.2) is 24.3 Å². The van der Waals surface area contributed by atoms with Crippen LogP contribution in [0.3, 0.4) is 0 Å². The number of aryl methyl sites for hydroxylation is 1. The summed E-state index contributed by atoms with van der Waals surface area (Å²) in [5, 5.41) is 3.71. The van der Waals surface area contributed by atoms with Crippen molar-refractivity contribution < 1.29 is 0 Å². The highest BCUT2D eigenvalue weighted by Gasteiger charge is 2.32.